The van der Waals surface area contributed by atoms with E-state index in [1.807, 2.05) is 11.5 Å². The Hall–Kier alpha value is -2.68. The van der Waals surface area contributed by atoms with Crippen LogP contribution in [0.25, 0.3) is 0 Å². The Labute approximate surface area is 91.4 Å². The van der Waals surface area contributed by atoms with Crippen molar-refractivity contribution in [3.8, 4) is 6.07 Å². The number of hydrogen-bond donors (Lipinski definition) is 2. The third-order valence-electron chi connectivity index (χ3n) is 1.64. The van der Waals surface area contributed by atoms with Crippen LogP contribution in [0.15, 0.2) is 29.4 Å². The molecule has 0 atom stereocenters. The van der Waals surface area contributed by atoms with Crippen molar-refractivity contribution >= 4 is 18.0 Å². The molecule has 0 heterocycles. The second kappa shape index (κ2) is 5.26. The van der Waals surface area contributed by atoms with Crippen LogP contribution in [0, 0.1) is 11.3 Å². The van der Waals surface area contributed by atoms with Crippen LogP contribution in [0.1, 0.15) is 11.1 Å². The van der Waals surface area contributed by atoms with E-state index in [2.05, 4.69) is 5.10 Å². The van der Waals surface area contributed by atoms with Crippen molar-refractivity contribution in [3.63, 3.8) is 0 Å². The van der Waals surface area contributed by atoms with E-state index in [0.29, 0.717) is 11.1 Å². The van der Waals surface area contributed by atoms with E-state index in [0.717, 1.165) is 0 Å². The lowest BCUT2D eigenvalue weighted by atomic mass is 10.2. The van der Waals surface area contributed by atoms with Crippen molar-refractivity contribution in [2.24, 2.45) is 10.8 Å². The minimum absolute atomic E-state index is 0.526. The quantitative estimate of drug-likeness (QED) is 0.395. The van der Waals surface area contributed by atoms with Gasteiger partial charge in [-0.3, -0.25) is 9.59 Å². The molecule has 0 spiro atoms. The first-order chi connectivity index (χ1) is 7.63. The highest BCUT2D eigenvalue weighted by molar-refractivity contribution is 6.34. The molecule has 0 saturated heterocycles. The van der Waals surface area contributed by atoms with Crippen LogP contribution >= 0.6 is 0 Å². The standard InChI is InChI=1S/C10H8N4O2/c11-5-7-1-3-8(4-2-7)6-13-14-10(16)9(12)15/h1-4,6H,(H2,12,15)(H,14,16)/b13-6+. The smallest absolute Gasteiger partial charge is 0.329 e. The van der Waals surface area contributed by atoms with Crippen LogP contribution in [0.4, 0.5) is 0 Å². The molecule has 0 aliphatic rings. The molecule has 16 heavy (non-hydrogen) atoms. The molecule has 0 unspecified atom stereocenters. The van der Waals surface area contributed by atoms with Gasteiger partial charge in [0.1, 0.15) is 0 Å². The van der Waals surface area contributed by atoms with Crippen molar-refractivity contribution in [1.29, 1.82) is 5.26 Å². The summed E-state index contributed by atoms with van der Waals surface area (Å²) in [5.74, 6) is -2.08. The third kappa shape index (κ3) is 3.23. The van der Waals surface area contributed by atoms with Gasteiger partial charge in [0.05, 0.1) is 17.8 Å². The Kier molecular flexibility index (Phi) is 3.75. The van der Waals surface area contributed by atoms with E-state index in [-0.39, 0.29) is 0 Å². The molecule has 0 aliphatic heterocycles. The summed E-state index contributed by atoms with van der Waals surface area (Å²) in [5, 5.41) is 12.1. The van der Waals surface area contributed by atoms with E-state index in [9.17, 15) is 9.59 Å². The molecule has 6 heteroatoms. The Balaban J connectivity index is 2.60. The number of benzene rings is 1. The van der Waals surface area contributed by atoms with E-state index in [1.54, 1.807) is 24.3 Å². The summed E-state index contributed by atoms with van der Waals surface area (Å²) in [6.07, 6.45) is 1.34. The molecule has 3 N–H and O–H groups in total. The third-order valence-corrected chi connectivity index (χ3v) is 1.64. The molecule has 0 aromatic heterocycles. The second-order valence-electron chi connectivity index (χ2n) is 2.80. The van der Waals surface area contributed by atoms with Gasteiger partial charge in [-0.2, -0.15) is 10.4 Å². The summed E-state index contributed by atoms with van der Waals surface area (Å²) in [7, 11) is 0. The molecule has 0 bridgehead atoms. The van der Waals surface area contributed by atoms with Gasteiger partial charge >= 0.3 is 11.8 Å². The molecule has 0 aliphatic carbocycles. The van der Waals surface area contributed by atoms with Crippen molar-refractivity contribution in [2.45, 2.75) is 0 Å². The van der Waals surface area contributed by atoms with E-state index in [4.69, 9.17) is 11.0 Å². The summed E-state index contributed by atoms with van der Waals surface area (Å²) >= 11 is 0. The number of primary amides is 1. The van der Waals surface area contributed by atoms with Crippen LogP contribution in [0.2, 0.25) is 0 Å². The van der Waals surface area contributed by atoms with Gasteiger partial charge in [0.15, 0.2) is 0 Å². The highest BCUT2D eigenvalue weighted by Crippen LogP contribution is 2.00. The maximum atomic E-state index is 10.7. The zero-order valence-electron chi connectivity index (χ0n) is 8.18. The molecular formula is C10H8N4O2. The topological polar surface area (TPSA) is 108 Å². The number of carbonyl (C=O) groups is 2. The second-order valence-corrected chi connectivity index (χ2v) is 2.80. The Morgan fingerprint density at radius 2 is 2.00 bits per heavy atom. The monoisotopic (exact) mass is 216 g/mol. The van der Waals surface area contributed by atoms with Crippen LogP contribution in [0.3, 0.4) is 0 Å². The Morgan fingerprint density at radius 1 is 1.38 bits per heavy atom. The first kappa shape index (κ1) is 11.4. The maximum absolute atomic E-state index is 10.7. The summed E-state index contributed by atoms with van der Waals surface area (Å²) < 4.78 is 0. The lowest BCUT2D eigenvalue weighted by molar-refractivity contribution is -0.137. The van der Waals surface area contributed by atoms with Crippen LogP contribution in [-0.2, 0) is 9.59 Å². The number of nitrogens with one attached hydrogen (secondary N) is 1. The number of amides is 2. The van der Waals surface area contributed by atoms with Gasteiger partial charge in [-0.1, -0.05) is 12.1 Å². The van der Waals surface area contributed by atoms with E-state index >= 15 is 0 Å². The van der Waals surface area contributed by atoms with Crippen LogP contribution in [-0.4, -0.2) is 18.0 Å². The molecule has 6 nitrogen and oxygen atoms in total. The molecule has 0 radical (unpaired) electrons. The normalized spacial score (nSPS) is 9.69. The first-order valence-corrected chi connectivity index (χ1v) is 4.26. The lowest BCUT2D eigenvalue weighted by Gasteiger charge is -1.94. The number of hydrazone groups is 1. The minimum Gasteiger partial charge on any atom is -0.361 e. The molecule has 1 rings (SSSR count). The summed E-state index contributed by atoms with van der Waals surface area (Å²) in [5.41, 5.74) is 7.85. The average Bonchev–Trinajstić information content (AvgIpc) is 2.29. The van der Waals surface area contributed by atoms with Crippen LogP contribution in [0.5, 0.6) is 0 Å². The van der Waals surface area contributed by atoms with Crippen molar-refractivity contribution in [2.75, 3.05) is 0 Å². The number of carbonyl (C=O) groups excluding carboxylic acids is 2. The Bertz CT molecular complexity index is 471. The summed E-state index contributed by atoms with van der Waals surface area (Å²) in [6, 6.07) is 8.49. The highest BCUT2D eigenvalue weighted by Gasteiger charge is 2.04. The highest BCUT2D eigenvalue weighted by atomic mass is 16.2. The first-order valence-electron chi connectivity index (χ1n) is 4.26. The fraction of sp³-hybridized carbons (Fsp3) is 0. The number of nitrogens with two attached hydrogens (primary N) is 1. The predicted octanol–water partition coefficient (Wildman–Crippen LogP) is -0.506. The lowest BCUT2D eigenvalue weighted by Crippen LogP contribution is -2.32. The molecule has 1 aromatic rings. The molecule has 2 amide bonds. The zero-order chi connectivity index (χ0) is 12.0. The molecule has 0 saturated carbocycles. The molecule has 80 valence electrons. The van der Waals surface area contributed by atoms with Gasteiger partial charge in [0.2, 0.25) is 0 Å². The van der Waals surface area contributed by atoms with Gasteiger partial charge in [0, 0.05) is 0 Å². The van der Waals surface area contributed by atoms with Crippen LogP contribution < -0.4 is 11.2 Å². The van der Waals surface area contributed by atoms with Gasteiger partial charge in [-0.05, 0) is 17.7 Å². The summed E-state index contributed by atoms with van der Waals surface area (Å²) in [4.78, 5) is 21.0. The maximum Gasteiger partial charge on any atom is 0.329 e. The number of rotatable bonds is 2. The zero-order valence-corrected chi connectivity index (χ0v) is 8.18. The van der Waals surface area contributed by atoms with Crippen molar-refractivity contribution in [1.82, 2.24) is 5.43 Å². The fourth-order valence-electron chi connectivity index (χ4n) is 0.864. The fourth-order valence-corrected chi connectivity index (χ4v) is 0.864. The Morgan fingerprint density at radius 3 is 2.50 bits per heavy atom. The van der Waals surface area contributed by atoms with Gasteiger partial charge in [-0.25, -0.2) is 5.43 Å². The molecule has 0 fully saturated rings. The van der Waals surface area contributed by atoms with Crippen molar-refractivity contribution in [3.05, 3.63) is 35.4 Å². The summed E-state index contributed by atoms with van der Waals surface area (Å²) in [6.45, 7) is 0. The SMILES string of the molecule is N#Cc1ccc(/C=N/NC(=O)C(N)=O)cc1. The molecular weight excluding hydrogens is 208 g/mol. The number of hydrogen-bond acceptors (Lipinski definition) is 4. The van der Waals surface area contributed by atoms with E-state index in [1.165, 1.54) is 6.21 Å². The predicted molar refractivity (Wildman–Crippen MR) is 56.1 cm³/mol. The van der Waals surface area contributed by atoms with E-state index < -0.39 is 11.8 Å². The molecule has 1 aromatic carbocycles. The number of nitrogens with zero attached hydrogens (tertiary/aromatic N) is 2. The minimum atomic E-state index is -1.10. The van der Waals surface area contributed by atoms with Gasteiger partial charge in [-0.15, -0.1) is 0 Å². The van der Waals surface area contributed by atoms with Gasteiger partial charge in [0.25, 0.3) is 0 Å². The number of nitriles is 1. The van der Waals surface area contributed by atoms with Gasteiger partial charge < -0.3 is 5.73 Å². The van der Waals surface area contributed by atoms with Crippen molar-refractivity contribution < 1.29 is 9.59 Å². The average molecular weight is 216 g/mol. The largest absolute Gasteiger partial charge is 0.361 e.